The number of ether oxygens (including phenoxy) is 1. The highest BCUT2D eigenvalue weighted by molar-refractivity contribution is 5.94. The van der Waals surface area contributed by atoms with Gasteiger partial charge in [0.25, 0.3) is 5.91 Å². The van der Waals surface area contributed by atoms with Crippen LogP contribution in [0.25, 0.3) is 0 Å². The quantitative estimate of drug-likeness (QED) is 0.846. The molecule has 6 nitrogen and oxygen atoms in total. The Morgan fingerprint density at radius 3 is 2.35 bits per heavy atom. The van der Waals surface area contributed by atoms with Crippen molar-refractivity contribution in [2.75, 3.05) is 13.1 Å². The van der Waals surface area contributed by atoms with Crippen molar-refractivity contribution in [2.45, 2.75) is 39.8 Å². The van der Waals surface area contributed by atoms with Crippen LogP contribution in [-0.2, 0) is 11.3 Å². The zero-order valence-electron chi connectivity index (χ0n) is 14.0. The first-order valence-corrected chi connectivity index (χ1v) is 7.49. The summed E-state index contributed by atoms with van der Waals surface area (Å²) in [5.74, 6) is -0.294. The number of rotatable bonds is 5. The van der Waals surface area contributed by atoms with Crippen LogP contribution in [-0.4, -0.2) is 35.6 Å². The van der Waals surface area contributed by atoms with E-state index in [-0.39, 0.29) is 18.5 Å². The lowest BCUT2D eigenvalue weighted by Crippen LogP contribution is -2.36. The Balaban J connectivity index is 2.71. The maximum atomic E-state index is 12.1. The molecule has 0 fully saturated rings. The van der Waals surface area contributed by atoms with Gasteiger partial charge in [-0.05, 0) is 45.4 Å². The minimum Gasteiger partial charge on any atom is -0.444 e. The molecule has 23 heavy (non-hydrogen) atoms. The standard InChI is InChI=1S/C17H23N3O3/c1-5-20(16(22)23-17(2,3)4)12-13-6-8-14(9-7-13)15(21)19-11-10-18/h6-9H,5,11-12H2,1-4H3,(H,19,21). The molecule has 0 aliphatic carbocycles. The predicted molar refractivity (Wildman–Crippen MR) is 86.7 cm³/mol. The van der Waals surface area contributed by atoms with Crippen LogP contribution >= 0.6 is 0 Å². The Bertz CT molecular complexity index is 583. The summed E-state index contributed by atoms with van der Waals surface area (Å²) < 4.78 is 5.36. The number of hydrogen-bond donors (Lipinski definition) is 1. The van der Waals surface area contributed by atoms with E-state index in [1.165, 1.54) is 0 Å². The highest BCUT2D eigenvalue weighted by atomic mass is 16.6. The van der Waals surface area contributed by atoms with Gasteiger partial charge in [0.05, 0.1) is 6.07 Å². The van der Waals surface area contributed by atoms with Crippen molar-refractivity contribution >= 4 is 12.0 Å². The fraction of sp³-hybridized carbons (Fsp3) is 0.471. The third-order valence-electron chi connectivity index (χ3n) is 2.95. The first-order valence-electron chi connectivity index (χ1n) is 7.49. The highest BCUT2D eigenvalue weighted by Gasteiger charge is 2.21. The molecule has 1 aromatic rings. The number of nitrogens with zero attached hydrogens (tertiary/aromatic N) is 2. The third-order valence-corrected chi connectivity index (χ3v) is 2.95. The normalized spacial score (nSPS) is 10.6. The molecule has 0 unspecified atom stereocenters. The van der Waals surface area contributed by atoms with E-state index in [4.69, 9.17) is 10.00 Å². The second kappa shape index (κ2) is 8.18. The number of benzene rings is 1. The maximum absolute atomic E-state index is 12.1. The summed E-state index contributed by atoms with van der Waals surface area (Å²) >= 11 is 0. The van der Waals surface area contributed by atoms with Crippen LogP contribution in [0.15, 0.2) is 24.3 Å². The fourth-order valence-electron chi connectivity index (χ4n) is 1.84. The van der Waals surface area contributed by atoms with Gasteiger partial charge in [-0.15, -0.1) is 0 Å². The number of nitriles is 1. The molecule has 0 aromatic heterocycles. The van der Waals surface area contributed by atoms with Gasteiger partial charge in [-0.2, -0.15) is 5.26 Å². The summed E-state index contributed by atoms with van der Waals surface area (Å²) in [4.78, 5) is 25.4. The zero-order valence-corrected chi connectivity index (χ0v) is 14.0. The van der Waals surface area contributed by atoms with Crippen LogP contribution in [0.3, 0.4) is 0 Å². The van der Waals surface area contributed by atoms with E-state index >= 15 is 0 Å². The molecule has 0 bridgehead atoms. The summed E-state index contributed by atoms with van der Waals surface area (Å²) in [6.45, 7) is 8.27. The summed E-state index contributed by atoms with van der Waals surface area (Å²) in [6, 6.07) is 8.77. The van der Waals surface area contributed by atoms with Crippen molar-refractivity contribution in [3.63, 3.8) is 0 Å². The van der Waals surface area contributed by atoms with E-state index in [1.807, 2.05) is 33.8 Å². The first kappa shape index (κ1) is 18.5. The highest BCUT2D eigenvalue weighted by Crippen LogP contribution is 2.13. The van der Waals surface area contributed by atoms with Crippen LogP contribution in [0.4, 0.5) is 4.79 Å². The minimum absolute atomic E-state index is 0.0250. The van der Waals surface area contributed by atoms with Crippen molar-refractivity contribution in [3.8, 4) is 6.07 Å². The molecule has 0 saturated heterocycles. The molecule has 6 heteroatoms. The molecular weight excluding hydrogens is 294 g/mol. The van der Waals surface area contributed by atoms with Gasteiger partial charge in [-0.1, -0.05) is 12.1 Å². The molecule has 1 rings (SSSR count). The van der Waals surface area contributed by atoms with Gasteiger partial charge >= 0.3 is 6.09 Å². The molecule has 1 aromatic carbocycles. The number of nitrogens with one attached hydrogen (secondary N) is 1. The lowest BCUT2D eigenvalue weighted by atomic mass is 10.1. The molecule has 0 atom stereocenters. The average Bonchev–Trinajstić information content (AvgIpc) is 2.49. The SMILES string of the molecule is CCN(Cc1ccc(C(=O)NCC#N)cc1)C(=O)OC(C)(C)C. The Kier molecular flexibility index (Phi) is 6.58. The molecule has 0 radical (unpaired) electrons. The zero-order chi connectivity index (χ0) is 17.5. The molecule has 0 aliphatic rings. The van der Waals surface area contributed by atoms with Gasteiger partial charge in [-0.3, -0.25) is 4.79 Å². The Morgan fingerprint density at radius 2 is 1.87 bits per heavy atom. The average molecular weight is 317 g/mol. The summed E-state index contributed by atoms with van der Waals surface area (Å²) in [5, 5.41) is 10.9. The van der Waals surface area contributed by atoms with Gasteiger partial charge in [-0.25, -0.2) is 4.79 Å². The smallest absolute Gasteiger partial charge is 0.410 e. The minimum atomic E-state index is -0.535. The summed E-state index contributed by atoms with van der Waals surface area (Å²) in [6.07, 6.45) is -0.365. The van der Waals surface area contributed by atoms with Gasteiger partial charge < -0.3 is 15.0 Å². The van der Waals surface area contributed by atoms with Gasteiger partial charge in [0.1, 0.15) is 12.1 Å². The lowest BCUT2D eigenvalue weighted by molar-refractivity contribution is 0.0244. The lowest BCUT2D eigenvalue weighted by Gasteiger charge is -2.26. The Morgan fingerprint density at radius 1 is 1.26 bits per heavy atom. The number of hydrogen-bond acceptors (Lipinski definition) is 4. The van der Waals surface area contributed by atoms with Crippen molar-refractivity contribution in [3.05, 3.63) is 35.4 Å². The molecule has 2 amide bonds. The van der Waals surface area contributed by atoms with Gasteiger partial charge in [0.15, 0.2) is 0 Å². The van der Waals surface area contributed by atoms with Crippen molar-refractivity contribution in [2.24, 2.45) is 0 Å². The summed E-state index contributed by atoms with van der Waals surface area (Å²) in [5.41, 5.74) is 0.839. The van der Waals surface area contributed by atoms with Crippen molar-refractivity contribution < 1.29 is 14.3 Å². The second-order valence-corrected chi connectivity index (χ2v) is 6.03. The van der Waals surface area contributed by atoms with Crippen molar-refractivity contribution in [1.82, 2.24) is 10.2 Å². The molecule has 0 saturated carbocycles. The van der Waals surface area contributed by atoms with Crippen LogP contribution in [0.1, 0.15) is 43.6 Å². The predicted octanol–water partition coefficient (Wildman–Crippen LogP) is 2.70. The molecule has 0 heterocycles. The summed E-state index contributed by atoms with van der Waals surface area (Å²) in [7, 11) is 0. The molecule has 1 N–H and O–H groups in total. The Labute approximate surface area is 137 Å². The van der Waals surface area contributed by atoms with E-state index in [0.29, 0.717) is 18.7 Å². The third kappa shape index (κ3) is 6.39. The fourth-order valence-corrected chi connectivity index (χ4v) is 1.84. The molecule has 0 spiro atoms. The largest absolute Gasteiger partial charge is 0.444 e. The molecule has 0 aliphatic heterocycles. The van der Waals surface area contributed by atoms with Crippen LogP contribution in [0.2, 0.25) is 0 Å². The molecule has 124 valence electrons. The monoisotopic (exact) mass is 317 g/mol. The van der Waals surface area contributed by atoms with Gasteiger partial charge in [0.2, 0.25) is 0 Å². The van der Waals surface area contributed by atoms with E-state index in [9.17, 15) is 9.59 Å². The van der Waals surface area contributed by atoms with E-state index in [1.54, 1.807) is 29.2 Å². The second-order valence-electron chi connectivity index (χ2n) is 6.03. The van der Waals surface area contributed by atoms with Crippen LogP contribution < -0.4 is 5.32 Å². The van der Waals surface area contributed by atoms with Crippen LogP contribution in [0, 0.1) is 11.3 Å². The topological polar surface area (TPSA) is 82.4 Å². The van der Waals surface area contributed by atoms with E-state index in [0.717, 1.165) is 5.56 Å². The van der Waals surface area contributed by atoms with E-state index in [2.05, 4.69) is 5.32 Å². The van der Waals surface area contributed by atoms with Crippen LogP contribution in [0.5, 0.6) is 0 Å². The number of carbonyl (C=O) groups is 2. The Hall–Kier alpha value is -2.55. The van der Waals surface area contributed by atoms with E-state index < -0.39 is 5.60 Å². The van der Waals surface area contributed by atoms with Crippen molar-refractivity contribution in [1.29, 1.82) is 5.26 Å². The van der Waals surface area contributed by atoms with Gasteiger partial charge in [0, 0.05) is 18.7 Å². The number of carbonyl (C=O) groups excluding carboxylic acids is 2. The molecular formula is C17H23N3O3. The maximum Gasteiger partial charge on any atom is 0.410 e. The first-order chi connectivity index (χ1) is 10.8. The number of amides is 2.